The number of carbonyl (C=O) groups excluding carboxylic acids is 2. The fraction of sp³-hybridized carbons (Fsp3) is 0.333. The molecule has 4 aromatic rings. The Morgan fingerprint density at radius 3 is 1.90 bits per heavy atom. The van der Waals surface area contributed by atoms with Crippen LogP contribution in [-0.4, -0.2) is 29.7 Å². The van der Waals surface area contributed by atoms with Crippen LogP contribution in [-0.2, 0) is 0 Å². The fourth-order valence-electron chi connectivity index (χ4n) is 5.48. The van der Waals surface area contributed by atoms with Crippen LogP contribution in [0.2, 0.25) is 0 Å². The van der Waals surface area contributed by atoms with Crippen molar-refractivity contribution in [3.8, 4) is 0 Å². The van der Waals surface area contributed by atoms with Crippen LogP contribution in [0.15, 0.2) is 102 Å². The maximum Gasteiger partial charge on any atom is 0.254 e. The summed E-state index contributed by atoms with van der Waals surface area (Å²) in [5.41, 5.74) is 2.93. The van der Waals surface area contributed by atoms with Gasteiger partial charge in [-0.2, -0.15) is 11.3 Å². The highest BCUT2D eigenvalue weighted by molar-refractivity contribution is 7.07. The van der Waals surface area contributed by atoms with Gasteiger partial charge in [0.25, 0.3) is 5.91 Å². The first-order valence-corrected chi connectivity index (χ1v) is 15.7. The predicted molar refractivity (Wildman–Crippen MR) is 167 cm³/mol. The lowest BCUT2D eigenvalue weighted by Gasteiger charge is -2.17. The predicted octanol–water partition coefficient (Wildman–Crippen LogP) is 9.41. The molecule has 1 amide bonds. The summed E-state index contributed by atoms with van der Waals surface area (Å²) < 4.78 is 12.7. The van der Waals surface area contributed by atoms with Crippen LogP contribution in [0.4, 0.5) is 4.39 Å². The van der Waals surface area contributed by atoms with E-state index < -0.39 is 0 Å². The number of ketones is 1. The van der Waals surface area contributed by atoms with Crippen molar-refractivity contribution in [2.75, 3.05) is 13.1 Å². The molecule has 1 aliphatic heterocycles. The van der Waals surface area contributed by atoms with Gasteiger partial charge in [-0.1, -0.05) is 105 Å². The van der Waals surface area contributed by atoms with Crippen molar-refractivity contribution in [3.63, 3.8) is 0 Å². The van der Waals surface area contributed by atoms with Gasteiger partial charge < -0.3 is 4.90 Å². The summed E-state index contributed by atoms with van der Waals surface area (Å²) in [6.07, 6.45) is 9.01. The van der Waals surface area contributed by atoms with Gasteiger partial charge in [0.15, 0.2) is 5.78 Å². The van der Waals surface area contributed by atoms with E-state index >= 15 is 0 Å². The number of nitrogens with zero attached hydrogens (tertiary/aromatic N) is 1. The van der Waals surface area contributed by atoms with Crippen molar-refractivity contribution in [1.82, 2.24) is 4.90 Å². The van der Waals surface area contributed by atoms with E-state index in [0.717, 1.165) is 19.5 Å². The SMILES string of the molecule is CC1CCN(C(=O)c2ccccc2C(=O)c2ccccc2)C1.Fc1ccc(C2CCCCCC2)cc1.c1ccsc1. The zero-order valence-corrected chi connectivity index (χ0v) is 24.7. The Hall–Kier alpha value is -3.57. The Morgan fingerprint density at radius 1 is 0.732 bits per heavy atom. The van der Waals surface area contributed by atoms with E-state index in [9.17, 15) is 14.0 Å². The molecule has 2 fully saturated rings. The van der Waals surface area contributed by atoms with Gasteiger partial charge in [0.05, 0.1) is 5.56 Å². The van der Waals surface area contributed by atoms with Gasteiger partial charge in [0.2, 0.25) is 0 Å². The molecule has 6 rings (SSSR count). The van der Waals surface area contributed by atoms with Crippen LogP contribution in [0.1, 0.15) is 89.6 Å². The summed E-state index contributed by atoms with van der Waals surface area (Å²) in [4.78, 5) is 27.3. The van der Waals surface area contributed by atoms with Gasteiger partial charge in [-0.25, -0.2) is 4.39 Å². The molecule has 0 N–H and O–H groups in total. The minimum absolute atomic E-state index is 0.0377. The average molecular weight is 570 g/mol. The lowest BCUT2D eigenvalue weighted by molar-refractivity contribution is 0.0783. The molecule has 5 heteroatoms. The van der Waals surface area contributed by atoms with E-state index in [1.807, 2.05) is 64.2 Å². The lowest BCUT2D eigenvalue weighted by Crippen LogP contribution is -2.29. The van der Waals surface area contributed by atoms with E-state index in [-0.39, 0.29) is 17.5 Å². The zero-order valence-electron chi connectivity index (χ0n) is 23.9. The standard InChI is InChI=1S/C19H19NO2.C13H17F.C4H4S/c1-14-11-12-20(13-14)19(22)17-10-6-5-9-16(17)18(21)15-7-3-2-4-8-15;14-13-9-7-12(8-10-13)11-5-3-1-2-4-6-11;1-2-4-5-3-1/h2-10,14H,11-13H2,1H3;7-11H,1-6H2;1-4H. The monoisotopic (exact) mass is 569 g/mol. The number of rotatable bonds is 4. The van der Waals surface area contributed by atoms with E-state index in [0.29, 0.717) is 28.5 Å². The van der Waals surface area contributed by atoms with Crippen LogP contribution < -0.4 is 0 Å². The van der Waals surface area contributed by atoms with Gasteiger partial charge in [-0.3, -0.25) is 9.59 Å². The van der Waals surface area contributed by atoms with E-state index in [4.69, 9.17) is 0 Å². The normalized spacial score (nSPS) is 16.9. The highest BCUT2D eigenvalue weighted by Crippen LogP contribution is 2.31. The first-order chi connectivity index (χ1) is 20.0. The third-order valence-electron chi connectivity index (χ3n) is 7.77. The second-order valence-corrected chi connectivity index (χ2v) is 11.7. The third kappa shape index (κ3) is 9.22. The second-order valence-electron chi connectivity index (χ2n) is 10.9. The minimum atomic E-state index is -0.123. The molecule has 3 nitrogen and oxygen atoms in total. The fourth-order valence-corrected chi connectivity index (χ4v) is 5.93. The summed E-state index contributed by atoms with van der Waals surface area (Å²) in [7, 11) is 0. The molecule has 1 aliphatic carbocycles. The molecule has 1 aromatic heterocycles. The van der Waals surface area contributed by atoms with Crippen molar-refractivity contribution in [2.24, 2.45) is 5.92 Å². The number of thiophene rings is 1. The average Bonchev–Trinajstić information content (AvgIpc) is 3.68. The van der Waals surface area contributed by atoms with Gasteiger partial charge in [-0.05, 0) is 65.6 Å². The first kappa shape index (κ1) is 30.4. The molecule has 0 spiro atoms. The molecule has 1 unspecified atom stereocenters. The number of hydrogen-bond acceptors (Lipinski definition) is 3. The van der Waals surface area contributed by atoms with Crippen molar-refractivity contribution in [2.45, 2.75) is 57.8 Å². The number of hydrogen-bond donors (Lipinski definition) is 0. The van der Waals surface area contributed by atoms with Crippen LogP contribution >= 0.6 is 11.3 Å². The molecular formula is C36H40FNO2S. The van der Waals surface area contributed by atoms with Gasteiger partial charge in [-0.15, -0.1) is 0 Å². The van der Waals surface area contributed by atoms with E-state index in [1.165, 1.54) is 44.1 Å². The highest BCUT2D eigenvalue weighted by Gasteiger charge is 2.27. The summed E-state index contributed by atoms with van der Waals surface area (Å²) in [6, 6.07) is 27.3. The van der Waals surface area contributed by atoms with Crippen LogP contribution in [0.25, 0.3) is 0 Å². The summed E-state index contributed by atoms with van der Waals surface area (Å²) >= 11 is 1.71. The molecule has 214 valence electrons. The van der Waals surface area contributed by atoms with Crippen LogP contribution in [0.3, 0.4) is 0 Å². The molecule has 2 aliphatic rings. The molecule has 0 radical (unpaired) electrons. The van der Waals surface area contributed by atoms with Crippen LogP contribution in [0, 0.1) is 11.7 Å². The Kier molecular flexibility index (Phi) is 11.9. The summed E-state index contributed by atoms with van der Waals surface area (Å²) in [5.74, 6) is 0.947. The third-order valence-corrected chi connectivity index (χ3v) is 8.40. The minimum Gasteiger partial charge on any atom is -0.338 e. The number of carbonyl (C=O) groups is 2. The number of halogens is 1. The quantitative estimate of drug-likeness (QED) is 0.181. The van der Waals surface area contributed by atoms with E-state index in [2.05, 4.69) is 6.92 Å². The van der Waals surface area contributed by atoms with Crippen molar-refractivity contribution >= 4 is 23.0 Å². The number of likely N-dealkylation sites (tertiary alicyclic amines) is 1. The molecule has 1 saturated carbocycles. The maximum absolute atomic E-state index is 12.7. The zero-order chi connectivity index (χ0) is 28.9. The Labute approximate surface area is 248 Å². The highest BCUT2D eigenvalue weighted by atomic mass is 32.1. The molecule has 1 atom stereocenters. The second kappa shape index (κ2) is 16.0. The molecule has 1 saturated heterocycles. The van der Waals surface area contributed by atoms with Crippen molar-refractivity contribution in [1.29, 1.82) is 0 Å². The van der Waals surface area contributed by atoms with Gasteiger partial charge in [0.1, 0.15) is 5.82 Å². The smallest absolute Gasteiger partial charge is 0.254 e. The van der Waals surface area contributed by atoms with Crippen molar-refractivity contribution < 1.29 is 14.0 Å². The molecular weight excluding hydrogens is 529 g/mol. The Morgan fingerprint density at radius 2 is 1.34 bits per heavy atom. The summed E-state index contributed by atoms with van der Waals surface area (Å²) in [5, 5.41) is 4.08. The number of amides is 1. The van der Waals surface area contributed by atoms with Crippen LogP contribution in [0.5, 0.6) is 0 Å². The molecule has 0 bridgehead atoms. The topological polar surface area (TPSA) is 37.4 Å². The first-order valence-electron chi connectivity index (χ1n) is 14.7. The largest absolute Gasteiger partial charge is 0.338 e. The Bertz CT molecular complexity index is 1310. The maximum atomic E-state index is 12.7. The summed E-state index contributed by atoms with van der Waals surface area (Å²) in [6.45, 7) is 3.69. The van der Waals surface area contributed by atoms with Crippen molar-refractivity contribution in [3.05, 3.63) is 130 Å². The molecule has 3 aromatic carbocycles. The van der Waals surface area contributed by atoms with E-state index in [1.54, 1.807) is 53.8 Å². The van der Waals surface area contributed by atoms with Gasteiger partial charge in [0, 0.05) is 24.2 Å². The molecule has 2 heterocycles. The molecule has 41 heavy (non-hydrogen) atoms. The Balaban J connectivity index is 0.000000172. The lowest BCUT2D eigenvalue weighted by atomic mass is 9.92. The van der Waals surface area contributed by atoms with Gasteiger partial charge >= 0.3 is 0 Å². The number of benzene rings is 3.